The van der Waals surface area contributed by atoms with Gasteiger partial charge in [0.2, 0.25) is 0 Å². The van der Waals surface area contributed by atoms with E-state index in [0.717, 1.165) is 31.8 Å². The van der Waals surface area contributed by atoms with Crippen molar-refractivity contribution in [2.75, 3.05) is 13.3 Å². The van der Waals surface area contributed by atoms with Crippen molar-refractivity contribution in [2.24, 2.45) is 0 Å². The Bertz CT molecular complexity index is 1650. The summed E-state index contributed by atoms with van der Waals surface area (Å²) in [6, 6.07) is 57.9. The van der Waals surface area contributed by atoms with Crippen molar-refractivity contribution >= 4 is 55.9 Å². The molecule has 0 saturated carbocycles. The van der Waals surface area contributed by atoms with Crippen LogP contribution in [0.5, 0.6) is 0 Å². The van der Waals surface area contributed by atoms with Gasteiger partial charge in [0.05, 0.1) is 0 Å². The van der Waals surface area contributed by atoms with Crippen LogP contribution < -0.4 is 31.8 Å². The Labute approximate surface area is 266 Å². The van der Waals surface area contributed by atoms with Crippen molar-refractivity contribution in [1.29, 1.82) is 0 Å². The first kappa shape index (κ1) is 31.0. The van der Waals surface area contributed by atoms with E-state index in [2.05, 4.69) is 0 Å². The molecule has 0 spiro atoms. The van der Waals surface area contributed by atoms with Crippen LogP contribution in [-0.4, -0.2) is 21.7 Å². The van der Waals surface area contributed by atoms with Gasteiger partial charge in [-0.25, -0.2) is 0 Å². The monoisotopic (exact) mass is 650 g/mol. The first-order chi connectivity index (χ1) is 21.7. The Morgan fingerprint density at radius 3 is 0.644 bits per heavy atom. The molecule has 0 bridgehead atoms. The molecular weight excluding hydrogens is 614 g/mol. The molecule has 0 radical (unpaired) electrons. The van der Waals surface area contributed by atoms with E-state index in [0.29, 0.717) is 0 Å². The van der Waals surface area contributed by atoms with E-state index in [-0.39, 0.29) is 0 Å². The molecule has 6 aromatic rings. The Balaban J connectivity index is 1.67. The van der Waals surface area contributed by atoms with E-state index >= 15 is 8.42 Å². The van der Waals surface area contributed by atoms with Gasteiger partial charge in [0.25, 0.3) is 0 Å². The van der Waals surface area contributed by atoms with Crippen LogP contribution in [0.1, 0.15) is 0 Å². The molecule has 0 aliphatic heterocycles. The standard InChI is InChI=1S/C38H36O4P2S/c1-43(33-21-9-3-10-22-33,34-23-11-4-12-24-34,35-25-13-5-14-26-35)41-45(39,40)42-44(2,36-27-15-6-16-28-36,37-29-17-7-18-30-37)38-31-19-8-20-32-38/h3-32H,1-2H3. The van der Waals surface area contributed by atoms with Gasteiger partial charge in [0.1, 0.15) is 0 Å². The SMILES string of the molecule is CP(OS(=O)(=O)OP(C)(c1ccccc1)(c1ccccc1)c1ccccc1)(c1ccccc1)(c1ccccc1)c1ccccc1. The number of hydrogen-bond donors (Lipinski definition) is 0. The van der Waals surface area contributed by atoms with Gasteiger partial charge in [-0.3, -0.25) is 0 Å². The average molecular weight is 651 g/mol. The summed E-state index contributed by atoms with van der Waals surface area (Å²) in [7, 11) is -4.79. The van der Waals surface area contributed by atoms with Gasteiger partial charge in [0, 0.05) is 0 Å². The first-order valence-corrected chi connectivity index (χ1v) is 21.3. The van der Waals surface area contributed by atoms with Gasteiger partial charge in [0.15, 0.2) is 0 Å². The van der Waals surface area contributed by atoms with Crippen molar-refractivity contribution < 1.29 is 16.4 Å². The summed E-state index contributed by atoms with van der Waals surface area (Å²) in [6.07, 6.45) is 0. The third kappa shape index (κ3) is 5.16. The quantitative estimate of drug-likeness (QED) is 0.161. The third-order valence-corrected chi connectivity index (χ3v) is 22.5. The fourth-order valence-electron chi connectivity index (χ4n) is 6.34. The van der Waals surface area contributed by atoms with Gasteiger partial charge >= 0.3 is 268 Å². The van der Waals surface area contributed by atoms with Crippen LogP contribution in [0.3, 0.4) is 0 Å². The zero-order valence-electron chi connectivity index (χ0n) is 25.3. The summed E-state index contributed by atoms with van der Waals surface area (Å²) in [5.74, 6) is 0. The molecule has 4 nitrogen and oxygen atoms in total. The van der Waals surface area contributed by atoms with E-state index in [1.54, 1.807) is 0 Å². The second kappa shape index (κ2) is 11.8. The topological polar surface area (TPSA) is 52.6 Å². The zero-order chi connectivity index (χ0) is 31.5. The minimum absolute atomic E-state index is 0.767. The van der Waals surface area contributed by atoms with Crippen molar-refractivity contribution in [3.05, 3.63) is 182 Å². The van der Waals surface area contributed by atoms with E-state index in [1.807, 2.05) is 195 Å². The molecule has 0 aromatic heterocycles. The van der Waals surface area contributed by atoms with Gasteiger partial charge in [-0.05, 0) is 0 Å². The van der Waals surface area contributed by atoms with E-state index in [9.17, 15) is 0 Å². The Kier molecular flexibility index (Phi) is 8.12. The van der Waals surface area contributed by atoms with E-state index < -0.39 is 24.1 Å². The van der Waals surface area contributed by atoms with Crippen molar-refractivity contribution in [3.8, 4) is 0 Å². The average Bonchev–Trinajstić information content (AvgIpc) is 3.10. The number of hydrogen-bond acceptors (Lipinski definition) is 4. The Morgan fingerprint density at radius 2 is 0.489 bits per heavy atom. The maximum atomic E-state index is 15.1. The summed E-state index contributed by atoms with van der Waals surface area (Å²) in [6.45, 7) is -4.54. The molecule has 6 aromatic carbocycles. The second-order valence-corrected chi connectivity index (χ2v) is 22.5. The van der Waals surface area contributed by atoms with E-state index in [1.165, 1.54) is 0 Å². The molecule has 0 unspecified atom stereocenters. The van der Waals surface area contributed by atoms with Gasteiger partial charge in [-0.1, -0.05) is 0 Å². The van der Waals surface area contributed by atoms with Crippen LogP contribution in [0.4, 0.5) is 0 Å². The molecular formula is C38H36O4P2S. The predicted molar refractivity (Wildman–Crippen MR) is 193 cm³/mol. The molecule has 6 rings (SSSR count). The normalized spacial score (nSPS) is 14.0. The molecule has 0 heterocycles. The number of benzene rings is 6. The Morgan fingerprint density at radius 1 is 0.333 bits per heavy atom. The minimum atomic E-state index is -4.79. The molecule has 0 amide bonds. The summed E-state index contributed by atoms with van der Waals surface area (Å²) >= 11 is 0. The van der Waals surface area contributed by atoms with Crippen LogP contribution in [0, 0.1) is 0 Å². The molecule has 0 fully saturated rings. The van der Waals surface area contributed by atoms with Crippen molar-refractivity contribution in [3.63, 3.8) is 0 Å². The fraction of sp³-hybridized carbons (Fsp3) is 0.0526. The molecule has 0 N–H and O–H groups in total. The van der Waals surface area contributed by atoms with Crippen molar-refractivity contribution in [2.45, 2.75) is 0 Å². The molecule has 228 valence electrons. The summed E-state index contributed by atoms with van der Waals surface area (Å²) in [5.41, 5.74) is 0. The van der Waals surface area contributed by atoms with Crippen LogP contribution in [0.25, 0.3) is 0 Å². The third-order valence-electron chi connectivity index (χ3n) is 8.82. The summed E-state index contributed by atoms with van der Waals surface area (Å²) < 4.78 is 44.0. The fourth-order valence-corrected chi connectivity index (χ4v) is 19.5. The van der Waals surface area contributed by atoms with E-state index in [4.69, 9.17) is 7.94 Å². The van der Waals surface area contributed by atoms with Gasteiger partial charge in [-0.15, -0.1) is 0 Å². The zero-order valence-corrected chi connectivity index (χ0v) is 27.9. The van der Waals surface area contributed by atoms with Crippen LogP contribution >= 0.6 is 13.7 Å². The van der Waals surface area contributed by atoms with Crippen LogP contribution in [0.15, 0.2) is 182 Å². The molecule has 0 aliphatic rings. The molecule has 45 heavy (non-hydrogen) atoms. The van der Waals surface area contributed by atoms with Crippen molar-refractivity contribution in [1.82, 2.24) is 0 Å². The summed E-state index contributed by atoms with van der Waals surface area (Å²) in [4.78, 5) is 0. The van der Waals surface area contributed by atoms with Gasteiger partial charge in [-0.2, -0.15) is 0 Å². The Hall–Kier alpha value is -3.95. The van der Waals surface area contributed by atoms with Gasteiger partial charge < -0.3 is 0 Å². The second-order valence-electron chi connectivity index (χ2n) is 11.5. The maximum absolute atomic E-state index is 15.1. The summed E-state index contributed by atoms with van der Waals surface area (Å²) in [5, 5.41) is 4.60. The molecule has 0 saturated heterocycles. The molecule has 0 aliphatic carbocycles. The van der Waals surface area contributed by atoms with Crippen LogP contribution in [0.2, 0.25) is 0 Å². The molecule has 7 heteroatoms. The van der Waals surface area contributed by atoms with Crippen LogP contribution in [-0.2, 0) is 18.3 Å². The predicted octanol–water partition coefficient (Wildman–Crippen LogP) is 6.41. The first-order valence-electron chi connectivity index (χ1n) is 14.7. The molecule has 0 atom stereocenters. The number of rotatable bonds is 10.